The fourth-order valence-electron chi connectivity index (χ4n) is 4.19. The molecule has 4 amide bonds. The van der Waals surface area contributed by atoms with Crippen molar-refractivity contribution in [3.05, 3.63) is 70.8 Å². The number of carbonyl (C=O) groups is 3. The van der Waals surface area contributed by atoms with E-state index in [4.69, 9.17) is 0 Å². The average molecular weight is 413 g/mol. The van der Waals surface area contributed by atoms with Crippen LogP contribution in [-0.2, 0) is 21.5 Å². The maximum atomic E-state index is 14.2. The maximum Gasteiger partial charge on any atom is 0.325 e. The van der Waals surface area contributed by atoms with Gasteiger partial charge in [-0.2, -0.15) is 0 Å². The first-order chi connectivity index (χ1) is 14.3. The van der Waals surface area contributed by atoms with Gasteiger partial charge in [-0.1, -0.05) is 24.3 Å². The zero-order valence-corrected chi connectivity index (χ0v) is 16.4. The molecular formula is C22H21F2N3O3. The summed E-state index contributed by atoms with van der Waals surface area (Å²) in [5.41, 5.74) is 0.116. The van der Waals surface area contributed by atoms with Crippen LogP contribution in [0.2, 0.25) is 0 Å². The highest BCUT2D eigenvalue weighted by molar-refractivity contribution is 6.09. The first-order valence-corrected chi connectivity index (χ1v) is 9.76. The van der Waals surface area contributed by atoms with Crippen LogP contribution >= 0.6 is 0 Å². The second-order valence-electron chi connectivity index (χ2n) is 7.78. The van der Waals surface area contributed by atoms with Gasteiger partial charge in [0.1, 0.15) is 23.7 Å². The van der Waals surface area contributed by atoms with Gasteiger partial charge in [-0.15, -0.1) is 0 Å². The Kier molecular flexibility index (Phi) is 5.01. The molecule has 4 rings (SSSR count). The van der Waals surface area contributed by atoms with E-state index in [1.54, 1.807) is 0 Å². The van der Waals surface area contributed by atoms with Crippen LogP contribution in [0.3, 0.4) is 0 Å². The quantitative estimate of drug-likeness (QED) is 0.757. The summed E-state index contributed by atoms with van der Waals surface area (Å²) in [6, 6.07) is 9.49. The minimum atomic E-state index is -1.79. The predicted octanol–water partition coefficient (Wildman–Crippen LogP) is 2.93. The standard InChI is InChI=1S/C22H21F2N3O3/c1-22(16-11-14(23)9-10-17(16)24)20(29)27(21(30)26-22)12-19(28)25-18-8-4-6-13-5-2-3-7-15(13)18/h2-3,5,7,9-11,18H,4,6,8,12H2,1H3,(H,25,28)(H,26,30)/t18-,22+/m0/s1. The molecule has 2 atom stereocenters. The molecule has 8 heteroatoms. The Morgan fingerprint density at radius 3 is 2.80 bits per heavy atom. The number of hydrogen-bond donors (Lipinski definition) is 2. The summed E-state index contributed by atoms with van der Waals surface area (Å²) in [6.07, 6.45) is 2.62. The minimum Gasteiger partial charge on any atom is -0.348 e. The molecule has 0 saturated carbocycles. The van der Waals surface area contributed by atoms with Gasteiger partial charge in [0.05, 0.1) is 6.04 Å². The molecule has 0 radical (unpaired) electrons. The number of hydrogen-bond acceptors (Lipinski definition) is 3. The number of fused-ring (bicyclic) bond motifs is 1. The molecule has 0 spiro atoms. The number of nitrogens with one attached hydrogen (secondary N) is 2. The van der Waals surface area contributed by atoms with Crippen LogP contribution in [0.4, 0.5) is 13.6 Å². The van der Waals surface area contributed by atoms with E-state index in [1.807, 2.05) is 24.3 Å². The van der Waals surface area contributed by atoms with Gasteiger partial charge < -0.3 is 10.6 Å². The molecular weight excluding hydrogens is 392 g/mol. The number of benzene rings is 2. The molecule has 0 unspecified atom stereocenters. The van der Waals surface area contributed by atoms with Crippen LogP contribution < -0.4 is 10.6 Å². The second kappa shape index (κ2) is 7.51. The van der Waals surface area contributed by atoms with Crippen molar-refractivity contribution in [3.8, 4) is 0 Å². The van der Waals surface area contributed by atoms with Crippen molar-refractivity contribution >= 4 is 17.8 Å². The van der Waals surface area contributed by atoms with Gasteiger partial charge >= 0.3 is 6.03 Å². The number of imide groups is 1. The Bertz CT molecular complexity index is 1040. The average Bonchev–Trinajstić information content (AvgIpc) is 2.94. The summed E-state index contributed by atoms with van der Waals surface area (Å²) >= 11 is 0. The lowest BCUT2D eigenvalue weighted by Crippen LogP contribution is -2.44. The van der Waals surface area contributed by atoms with Gasteiger partial charge in [-0.05, 0) is 55.5 Å². The number of halogens is 2. The molecule has 2 aromatic carbocycles. The minimum absolute atomic E-state index is 0.199. The molecule has 1 heterocycles. The second-order valence-corrected chi connectivity index (χ2v) is 7.78. The summed E-state index contributed by atoms with van der Waals surface area (Å²) in [6.45, 7) is 0.788. The molecule has 0 bridgehead atoms. The monoisotopic (exact) mass is 413 g/mol. The highest BCUT2D eigenvalue weighted by Crippen LogP contribution is 2.32. The van der Waals surface area contributed by atoms with Crippen LogP contribution in [0.15, 0.2) is 42.5 Å². The number of aryl methyl sites for hydroxylation is 1. The van der Waals surface area contributed by atoms with Gasteiger partial charge in [-0.25, -0.2) is 13.6 Å². The number of urea groups is 1. The Balaban J connectivity index is 1.50. The number of rotatable bonds is 4. The summed E-state index contributed by atoms with van der Waals surface area (Å²) in [7, 11) is 0. The molecule has 1 saturated heterocycles. The van der Waals surface area contributed by atoms with E-state index in [0.717, 1.165) is 53.5 Å². The number of nitrogens with zero attached hydrogens (tertiary/aromatic N) is 1. The lowest BCUT2D eigenvalue weighted by molar-refractivity contribution is -0.135. The van der Waals surface area contributed by atoms with Gasteiger partial charge in [0, 0.05) is 5.56 Å². The first-order valence-electron chi connectivity index (χ1n) is 9.76. The first kappa shape index (κ1) is 20.0. The summed E-state index contributed by atoms with van der Waals surface area (Å²) in [5.74, 6) is -2.86. The highest BCUT2D eigenvalue weighted by atomic mass is 19.1. The van der Waals surface area contributed by atoms with Crippen LogP contribution in [-0.4, -0.2) is 29.3 Å². The normalized spacial score (nSPS) is 23.2. The highest BCUT2D eigenvalue weighted by Gasteiger charge is 2.51. The largest absolute Gasteiger partial charge is 0.348 e. The number of carbonyl (C=O) groups excluding carboxylic acids is 3. The molecule has 156 valence electrons. The van der Waals surface area contributed by atoms with Gasteiger partial charge in [0.2, 0.25) is 5.91 Å². The molecule has 2 aliphatic rings. The van der Waals surface area contributed by atoms with E-state index in [1.165, 1.54) is 6.92 Å². The molecule has 30 heavy (non-hydrogen) atoms. The zero-order valence-electron chi connectivity index (χ0n) is 16.4. The van der Waals surface area contributed by atoms with Crippen LogP contribution in [0.5, 0.6) is 0 Å². The Morgan fingerprint density at radius 2 is 2.00 bits per heavy atom. The fourth-order valence-corrected chi connectivity index (χ4v) is 4.19. The van der Waals surface area contributed by atoms with E-state index in [9.17, 15) is 23.2 Å². The summed E-state index contributed by atoms with van der Waals surface area (Å²) in [4.78, 5) is 38.6. The van der Waals surface area contributed by atoms with E-state index in [2.05, 4.69) is 10.6 Å². The Labute approximate surface area is 172 Å². The van der Waals surface area contributed by atoms with E-state index in [-0.39, 0.29) is 11.6 Å². The van der Waals surface area contributed by atoms with Crippen molar-refractivity contribution in [1.82, 2.24) is 15.5 Å². The molecule has 1 fully saturated rings. The molecule has 2 aromatic rings. The predicted molar refractivity (Wildman–Crippen MR) is 104 cm³/mol. The fraction of sp³-hybridized carbons (Fsp3) is 0.318. The van der Waals surface area contributed by atoms with Crippen molar-refractivity contribution in [3.63, 3.8) is 0 Å². The van der Waals surface area contributed by atoms with Gasteiger partial charge in [0.15, 0.2) is 0 Å². The summed E-state index contributed by atoms with van der Waals surface area (Å²) in [5, 5.41) is 5.27. The third-order valence-corrected chi connectivity index (χ3v) is 5.75. The summed E-state index contributed by atoms with van der Waals surface area (Å²) < 4.78 is 27.9. The van der Waals surface area contributed by atoms with Crippen molar-refractivity contribution in [2.45, 2.75) is 37.8 Å². The number of amides is 4. The van der Waals surface area contributed by atoms with E-state index in [0.29, 0.717) is 0 Å². The molecule has 1 aliphatic heterocycles. The SMILES string of the molecule is C[C@]1(c2cc(F)ccc2F)NC(=O)N(CC(=O)N[C@H]2CCCc3ccccc32)C1=O. The van der Waals surface area contributed by atoms with Crippen molar-refractivity contribution in [1.29, 1.82) is 0 Å². The van der Waals surface area contributed by atoms with E-state index >= 15 is 0 Å². The zero-order chi connectivity index (χ0) is 21.5. The Morgan fingerprint density at radius 1 is 1.23 bits per heavy atom. The van der Waals surface area contributed by atoms with Crippen molar-refractivity contribution in [2.75, 3.05) is 6.54 Å². The molecule has 2 N–H and O–H groups in total. The van der Waals surface area contributed by atoms with Crippen molar-refractivity contribution in [2.24, 2.45) is 0 Å². The maximum absolute atomic E-state index is 14.2. The molecule has 6 nitrogen and oxygen atoms in total. The molecule has 0 aromatic heterocycles. The lowest BCUT2D eigenvalue weighted by atomic mass is 9.88. The topological polar surface area (TPSA) is 78.5 Å². The van der Waals surface area contributed by atoms with Gasteiger partial charge in [-0.3, -0.25) is 14.5 Å². The van der Waals surface area contributed by atoms with Crippen LogP contribution in [0.1, 0.15) is 42.5 Å². The lowest BCUT2D eigenvalue weighted by Gasteiger charge is -2.27. The smallest absolute Gasteiger partial charge is 0.325 e. The molecule has 1 aliphatic carbocycles. The third-order valence-electron chi connectivity index (χ3n) is 5.75. The Hall–Kier alpha value is -3.29. The van der Waals surface area contributed by atoms with Crippen LogP contribution in [0.25, 0.3) is 0 Å². The van der Waals surface area contributed by atoms with Crippen molar-refractivity contribution < 1.29 is 23.2 Å². The van der Waals surface area contributed by atoms with Gasteiger partial charge in [0.25, 0.3) is 5.91 Å². The van der Waals surface area contributed by atoms with E-state index < -0.39 is 41.6 Å². The van der Waals surface area contributed by atoms with Crippen LogP contribution in [0, 0.1) is 11.6 Å². The third kappa shape index (κ3) is 3.42.